The van der Waals surface area contributed by atoms with Crippen LogP contribution in [0.1, 0.15) is 101 Å². The predicted octanol–water partition coefficient (Wildman–Crippen LogP) is 0.915. The molecule has 3 aromatic heterocycles. The zero-order valence-electron chi connectivity index (χ0n) is 37.7. The standard InChI is InChI=1S/C20H16N2O3.C17H25FN6O7.C8H15NO3/c1-2-13-14-8-17-18-12(7-11-5-3-4-6-16(11)21-18)9-22(17)19(23)15(14)10-25-20(13)24;18-10-8-24(17(30)23-15(10)28)9-31-14(27)5-4-13(26)22-11(3-1-2-6-19)16(29)21-7-12(20)25;1-2-3-6-9-7(10)4-5-8(11)12/h3-8,13H,2,9-10H2,1H3;8,11H,1-7,9,19H2,(H2,20,25)(H,21,29)(H,22,26)(H,23,28,30);2-6H2,1H3,(H,9,10)(H,11,12)/t13-;;/m0../s1. The Balaban J connectivity index is 0.000000243. The monoisotopic (exact) mass is 949 g/mol. The Morgan fingerprint density at radius 1 is 0.985 bits per heavy atom. The summed E-state index contributed by atoms with van der Waals surface area (Å²) in [5, 5.41) is 16.7. The van der Waals surface area contributed by atoms with Crippen molar-refractivity contribution in [3.63, 3.8) is 0 Å². The van der Waals surface area contributed by atoms with Gasteiger partial charge < -0.3 is 46.6 Å². The quantitative estimate of drug-likeness (QED) is 0.0421. The number of aromatic amines is 1. The van der Waals surface area contributed by atoms with Crippen LogP contribution in [0.15, 0.2) is 57.0 Å². The van der Waals surface area contributed by atoms with Crippen molar-refractivity contribution >= 4 is 52.4 Å². The number of carboxylic acid groups (broad SMARTS) is 1. The Morgan fingerprint density at radius 2 is 1.72 bits per heavy atom. The maximum Gasteiger partial charge on any atom is 0.331 e. The number of nitrogens with one attached hydrogen (secondary N) is 4. The number of primary amides is 1. The van der Waals surface area contributed by atoms with Crippen LogP contribution in [0.4, 0.5) is 4.39 Å². The van der Waals surface area contributed by atoms with Gasteiger partial charge in [0.2, 0.25) is 29.4 Å². The van der Waals surface area contributed by atoms with Crippen molar-refractivity contribution in [2.75, 3.05) is 19.6 Å². The molecule has 4 amide bonds. The summed E-state index contributed by atoms with van der Waals surface area (Å²) >= 11 is 0. The summed E-state index contributed by atoms with van der Waals surface area (Å²) in [6, 6.07) is 11.1. The molecule has 22 nitrogen and oxygen atoms in total. The fraction of sp³-hybridized carbons (Fsp3) is 0.444. The number of para-hydroxylation sites is 1. The number of ether oxygens (including phenoxy) is 2. The summed E-state index contributed by atoms with van der Waals surface area (Å²) in [5.74, 6) is -5.80. The Hall–Kier alpha value is -7.56. The number of nitrogens with two attached hydrogens (primary N) is 2. The summed E-state index contributed by atoms with van der Waals surface area (Å²) < 4.78 is 25.5. The highest BCUT2D eigenvalue weighted by atomic mass is 19.1. The topological polar surface area (TPSA) is 336 Å². The molecule has 0 saturated carbocycles. The highest BCUT2D eigenvalue weighted by Crippen LogP contribution is 2.36. The fourth-order valence-electron chi connectivity index (χ4n) is 6.99. The van der Waals surface area contributed by atoms with Crippen LogP contribution >= 0.6 is 0 Å². The van der Waals surface area contributed by atoms with E-state index >= 15 is 0 Å². The number of unbranched alkanes of at least 4 members (excludes halogenated alkanes) is 2. The maximum atomic E-state index is 13.2. The highest BCUT2D eigenvalue weighted by molar-refractivity contribution is 5.91. The van der Waals surface area contributed by atoms with Crippen molar-refractivity contribution in [3.05, 3.63) is 96.3 Å². The molecule has 68 heavy (non-hydrogen) atoms. The molecular formula is C45H56FN9O13. The molecule has 1 aromatic carbocycles. The van der Waals surface area contributed by atoms with Gasteiger partial charge in [-0.15, -0.1) is 0 Å². The minimum Gasteiger partial charge on any atom is -0.481 e. The predicted molar refractivity (Wildman–Crippen MR) is 242 cm³/mol. The maximum absolute atomic E-state index is 13.2. The lowest BCUT2D eigenvalue weighted by Crippen LogP contribution is -2.48. The van der Waals surface area contributed by atoms with Gasteiger partial charge in [-0.2, -0.15) is 4.39 Å². The number of fused-ring (bicyclic) bond motifs is 5. The number of carbonyl (C=O) groups excluding carboxylic acids is 6. The van der Waals surface area contributed by atoms with E-state index in [-0.39, 0.29) is 68.6 Å². The molecule has 2 atom stereocenters. The Bertz CT molecular complexity index is 2680. The van der Waals surface area contributed by atoms with Crippen molar-refractivity contribution in [3.8, 4) is 11.4 Å². The van der Waals surface area contributed by atoms with Crippen LogP contribution in [0, 0.1) is 5.82 Å². The Morgan fingerprint density at radius 3 is 2.41 bits per heavy atom. The molecule has 5 heterocycles. The number of carbonyl (C=O) groups is 7. The van der Waals surface area contributed by atoms with Gasteiger partial charge in [0.25, 0.3) is 11.1 Å². The van der Waals surface area contributed by atoms with Gasteiger partial charge in [0, 0.05) is 30.3 Å². The molecule has 9 N–H and O–H groups in total. The molecule has 0 saturated heterocycles. The average molecular weight is 950 g/mol. The lowest BCUT2D eigenvalue weighted by atomic mass is 9.90. The van der Waals surface area contributed by atoms with Crippen LogP contribution in [0.3, 0.4) is 0 Å². The molecule has 0 fully saturated rings. The van der Waals surface area contributed by atoms with E-state index in [1.165, 1.54) is 0 Å². The molecule has 6 rings (SSSR count). The van der Waals surface area contributed by atoms with E-state index in [1.54, 1.807) is 9.55 Å². The number of esters is 2. The molecule has 4 aromatic rings. The first kappa shape index (κ1) is 53.1. The summed E-state index contributed by atoms with van der Waals surface area (Å²) in [5.41, 5.74) is 13.1. The Kier molecular flexibility index (Phi) is 20.3. The van der Waals surface area contributed by atoms with Gasteiger partial charge >= 0.3 is 23.6 Å². The second-order valence-corrected chi connectivity index (χ2v) is 15.6. The normalized spacial score (nSPS) is 13.4. The first-order valence-electron chi connectivity index (χ1n) is 22.0. The van der Waals surface area contributed by atoms with Gasteiger partial charge in [0.05, 0.1) is 60.5 Å². The van der Waals surface area contributed by atoms with Crippen LogP contribution < -0.4 is 44.2 Å². The minimum atomic E-state index is -1.23. The molecule has 23 heteroatoms. The number of hydrogen-bond donors (Lipinski definition) is 7. The van der Waals surface area contributed by atoms with Gasteiger partial charge in [-0.3, -0.25) is 52.7 Å². The largest absolute Gasteiger partial charge is 0.481 e. The molecule has 366 valence electrons. The van der Waals surface area contributed by atoms with Gasteiger partial charge in [-0.25, -0.2) is 9.78 Å². The Labute approximate surface area is 388 Å². The number of aromatic nitrogens is 4. The SMILES string of the molecule is CCCCNC(=O)CCC(=O)O.CC[C@@H]1C(=O)OCc2c1cc1n(c2=O)Cc2cc3ccccc3nc2-1.NCCCCC(NC(=O)CCC(=O)OCn1cc(F)c(=O)[nH]c1=O)C(=O)NCC(N)=O. The van der Waals surface area contributed by atoms with Crippen LogP contribution in [0.5, 0.6) is 0 Å². The number of aliphatic carboxylic acids is 1. The number of nitrogens with zero attached hydrogens (tertiary/aromatic N) is 3. The van der Waals surface area contributed by atoms with Gasteiger partial charge in [0.15, 0.2) is 6.73 Å². The smallest absolute Gasteiger partial charge is 0.331 e. The van der Waals surface area contributed by atoms with E-state index in [0.717, 1.165) is 46.3 Å². The molecule has 2 aliphatic rings. The van der Waals surface area contributed by atoms with Crippen molar-refractivity contribution in [1.82, 2.24) is 35.1 Å². The number of amides is 4. The third kappa shape index (κ3) is 15.3. The zero-order chi connectivity index (χ0) is 49.9. The molecule has 0 radical (unpaired) electrons. The lowest BCUT2D eigenvalue weighted by Gasteiger charge is -2.24. The molecule has 0 bridgehead atoms. The number of benzene rings is 1. The molecule has 2 aliphatic heterocycles. The van der Waals surface area contributed by atoms with E-state index in [1.807, 2.05) is 44.2 Å². The lowest BCUT2D eigenvalue weighted by molar-refractivity contribution is -0.149. The number of pyridine rings is 2. The van der Waals surface area contributed by atoms with Crippen LogP contribution in [0.25, 0.3) is 22.3 Å². The summed E-state index contributed by atoms with van der Waals surface area (Å²) in [6.07, 6.45) is 3.87. The molecular weight excluding hydrogens is 894 g/mol. The second kappa shape index (κ2) is 26.0. The molecule has 0 spiro atoms. The van der Waals surface area contributed by atoms with E-state index in [0.29, 0.717) is 55.2 Å². The van der Waals surface area contributed by atoms with Crippen LogP contribution in [-0.4, -0.2) is 91.4 Å². The van der Waals surface area contributed by atoms with Crippen molar-refractivity contribution in [2.24, 2.45) is 11.5 Å². The van der Waals surface area contributed by atoms with Crippen LogP contribution in [0.2, 0.25) is 0 Å². The minimum absolute atomic E-state index is 0.0650. The number of H-pyrrole nitrogens is 1. The van der Waals surface area contributed by atoms with Gasteiger partial charge in [0.1, 0.15) is 12.6 Å². The number of cyclic esters (lactones) is 1. The average Bonchev–Trinajstić information content (AvgIpc) is 3.66. The highest BCUT2D eigenvalue weighted by Gasteiger charge is 2.34. The van der Waals surface area contributed by atoms with E-state index < -0.39 is 59.5 Å². The third-order valence-corrected chi connectivity index (χ3v) is 10.6. The zero-order valence-corrected chi connectivity index (χ0v) is 37.7. The molecule has 0 aliphatic carbocycles. The number of carboxylic acids is 1. The van der Waals surface area contributed by atoms with Gasteiger partial charge in [-0.1, -0.05) is 38.5 Å². The van der Waals surface area contributed by atoms with Gasteiger partial charge in [-0.05, 0) is 62.4 Å². The van der Waals surface area contributed by atoms with E-state index in [2.05, 4.69) is 22.0 Å². The fourth-order valence-corrected chi connectivity index (χ4v) is 6.99. The summed E-state index contributed by atoms with van der Waals surface area (Å²) in [4.78, 5) is 122. The number of hydrogen-bond acceptors (Lipinski definition) is 14. The first-order chi connectivity index (χ1) is 32.5. The van der Waals surface area contributed by atoms with Crippen molar-refractivity contribution < 1.29 is 52.5 Å². The molecule has 1 unspecified atom stereocenters. The van der Waals surface area contributed by atoms with Crippen LogP contribution in [-0.2, 0) is 62.9 Å². The second-order valence-electron chi connectivity index (χ2n) is 15.6. The number of rotatable bonds is 20. The summed E-state index contributed by atoms with van der Waals surface area (Å²) in [7, 11) is 0. The third-order valence-electron chi connectivity index (χ3n) is 10.6. The van der Waals surface area contributed by atoms with E-state index in [4.69, 9.17) is 31.0 Å². The number of halogens is 1. The van der Waals surface area contributed by atoms with Crippen molar-refractivity contribution in [1.29, 1.82) is 0 Å². The summed E-state index contributed by atoms with van der Waals surface area (Å²) in [6.45, 7) is 4.54. The first-order valence-corrected chi connectivity index (χ1v) is 22.0. The van der Waals surface area contributed by atoms with Crippen molar-refractivity contribution in [2.45, 2.75) is 110 Å². The van der Waals surface area contributed by atoms with E-state index in [9.17, 15) is 52.3 Å².